The lowest BCUT2D eigenvalue weighted by Crippen LogP contribution is -2.05. The Morgan fingerprint density at radius 1 is 1.12 bits per heavy atom. The quantitative estimate of drug-likeness (QED) is 0.603. The molecule has 25 heavy (non-hydrogen) atoms. The molecule has 0 spiro atoms. The maximum atomic E-state index is 11.6. The van der Waals surface area contributed by atoms with Gasteiger partial charge < -0.3 is 4.74 Å². The van der Waals surface area contributed by atoms with Crippen molar-refractivity contribution in [2.45, 2.75) is 19.8 Å². The Balaban J connectivity index is 1.94. The number of esters is 1. The topological polar surface area (TPSA) is 44.1 Å². The van der Waals surface area contributed by atoms with Crippen LogP contribution in [0.1, 0.15) is 19.0 Å². The first kappa shape index (κ1) is 17.2. The van der Waals surface area contributed by atoms with E-state index in [1.807, 2.05) is 65.3 Å². The smallest absolute Gasteiger partial charge is 0.306 e. The number of halogens is 1. The molecular formula is C20H19ClN2O2. The van der Waals surface area contributed by atoms with Crippen LogP contribution in [-0.4, -0.2) is 22.4 Å². The maximum Gasteiger partial charge on any atom is 0.306 e. The molecular weight excluding hydrogens is 336 g/mol. The molecule has 0 saturated carbocycles. The Labute approximate surface area is 152 Å². The highest BCUT2D eigenvalue weighted by Crippen LogP contribution is 2.26. The van der Waals surface area contributed by atoms with E-state index < -0.39 is 0 Å². The van der Waals surface area contributed by atoms with Crippen molar-refractivity contribution in [1.29, 1.82) is 0 Å². The largest absolute Gasteiger partial charge is 0.466 e. The number of carbonyl (C=O) groups excluding carboxylic acids is 1. The summed E-state index contributed by atoms with van der Waals surface area (Å²) in [6, 6.07) is 19.6. The summed E-state index contributed by atoms with van der Waals surface area (Å²) in [6.07, 6.45) is 0.860. The van der Waals surface area contributed by atoms with Gasteiger partial charge in [-0.25, -0.2) is 4.68 Å². The van der Waals surface area contributed by atoms with E-state index >= 15 is 0 Å². The van der Waals surface area contributed by atoms with Crippen molar-refractivity contribution in [3.63, 3.8) is 0 Å². The number of aryl methyl sites for hydroxylation is 1. The highest BCUT2D eigenvalue weighted by atomic mass is 35.5. The van der Waals surface area contributed by atoms with E-state index in [1.165, 1.54) is 0 Å². The van der Waals surface area contributed by atoms with Gasteiger partial charge in [0.2, 0.25) is 0 Å². The number of para-hydroxylation sites is 1. The average Bonchev–Trinajstić information content (AvgIpc) is 3.06. The first-order valence-electron chi connectivity index (χ1n) is 8.23. The van der Waals surface area contributed by atoms with E-state index in [0.29, 0.717) is 24.5 Å². The van der Waals surface area contributed by atoms with Crippen molar-refractivity contribution in [1.82, 2.24) is 9.78 Å². The van der Waals surface area contributed by atoms with Crippen LogP contribution in [0.25, 0.3) is 16.9 Å². The minimum Gasteiger partial charge on any atom is -0.466 e. The minimum atomic E-state index is -0.204. The van der Waals surface area contributed by atoms with E-state index in [4.69, 9.17) is 16.3 Å². The molecule has 2 aromatic carbocycles. The zero-order valence-corrected chi connectivity index (χ0v) is 14.7. The third kappa shape index (κ3) is 4.28. The predicted octanol–water partition coefficient (Wildman–Crippen LogP) is 4.69. The summed E-state index contributed by atoms with van der Waals surface area (Å²) in [5.74, 6) is -0.204. The van der Waals surface area contributed by atoms with Gasteiger partial charge in [0, 0.05) is 17.0 Å². The first-order chi connectivity index (χ1) is 12.2. The van der Waals surface area contributed by atoms with Crippen LogP contribution in [-0.2, 0) is 16.0 Å². The number of nitrogens with zero attached hydrogens (tertiary/aromatic N) is 2. The fourth-order valence-corrected chi connectivity index (χ4v) is 2.73. The van der Waals surface area contributed by atoms with Gasteiger partial charge in [-0.1, -0.05) is 41.9 Å². The number of ether oxygens (including phenoxy) is 1. The molecule has 5 heteroatoms. The lowest BCUT2D eigenvalue weighted by molar-refractivity contribution is -0.143. The van der Waals surface area contributed by atoms with Gasteiger partial charge in [0.25, 0.3) is 0 Å². The molecule has 0 bridgehead atoms. The Hall–Kier alpha value is -2.59. The molecule has 0 N–H and O–H groups in total. The molecule has 0 fully saturated rings. The summed E-state index contributed by atoms with van der Waals surface area (Å²) < 4.78 is 6.89. The number of rotatable bonds is 6. The molecule has 0 amide bonds. The summed E-state index contributed by atoms with van der Waals surface area (Å²) in [6.45, 7) is 2.20. The van der Waals surface area contributed by atoms with Crippen LogP contribution in [0.4, 0.5) is 0 Å². The van der Waals surface area contributed by atoms with Gasteiger partial charge >= 0.3 is 5.97 Å². The zero-order valence-electron chi connectivity index (χ0n) is 14.0. The van der Waals surface area contributed by atoms with Crippen LogP contribution in [0, 0.1) is 0 Å². The molecule has 128 valence electrons. The number of hydrogen-bond donors (Lipinski definition) is 0. The fourth-order valence-electron chi connectivity index (χ4n) is 2.61. The number of benzene rings is 2. The Morgan fingerprint density at radius 3 is 2.52 bits per heavy atom. The summed E-state index contributed by atoms with van der Waals surface area (Å²) in [5.41, 5.74) is 3.79. The van der Waals surface area contributed by atoms with Crippen LogP contribution in [0.2, 0.25) is 5.02 Å². The molecule has 0 aliphatic rings. The second-order valence-corrected chi connectivity index (χ2v) is 6.02. The second kappa shape index (κ2) is 7.99. The van der Waals surface area contributed by atoms with Crippen molar-refractivity contribution >= 4 is 17.6 Å². The van der Waals surface area contributed by atoms with E-state index in [1.54, 1.807) is 6.92 Å². The lowest BCUT2D eigenvalue weighted by Gasteiger charge is -2.07. The molecule has 0 unspecified atom stereocenters. The van der Waals surface area contributed by atoms with E-state index in [9.17, 15) is 4.79 Å². The molecule has 4 nitrogen and oxygen atoms in total. The fraction of sp³-hybridized carbons (Fsp3) is 0.200. The van der Waals surface area contributed by atoms with Gasteiger partial charge in [-0.05, 0) is 37.3 Å². The first-order valence-corrected chi connectivity index (χ1v) is 8.61. The molecule has 3 aromatic rings. The number of aromatic nitrogens is 2. The van der Waals surface area contributed by atoms with Crippen LogP contribution in [0.3, 0.4) is 0 Å². The normalized spacial score (nSPS) is 10.6. The third-order valence-electron chi connectivity index (χ3n) is 3.79. The summed E-state index contributed by atoms with van der Waals surface area (Å²) in [5, 5.41) is 5.38. The van der Waals surface area contributed by atoms with Gasteiger partial charge in [-0.3, -0.25) is 4.79 Å². The van der Waals surface area contributed by atoms with Crippen molar-refractivity contribution in [3.05, 3.63) is 71.4 Å². The Kier molecular flexibility index (Phi) is 5.51. The van der Waals surface area contributed by atoms with Crippen molar-refractivity contribution in [2.75, 3.05) is 6.61 Å². The summed E-state index contributed by atoms with van der Waals surface area (Å²) >= 11 is 6.00. The predicted molar refractivity (Wildman–Crippen MR) is 99.0 cm³/mol. The van der Waals surface area contributed by atoms with Gasteiger partial charge in [0.15, 0.2) is 0 Å². The highest BCUT2D eigenvalue weighted by molar-refractivity contribution is 6.30. The van der Waals surface area contributed by atoms with Gasteiger partial charge in [0.1, 0.15) is 0 Å². The van der Waals surface area contributed by atoms with Crippen LogP contribution in [0.5, 0.6) is 0 Å². The SMILES string of the molecule is CCOC(=O)CCc1cc(-c2ccc(Cl)cc2)n(-c2ccccc2)n1. The molecule has 0 atom stereocenters. The van der Waals surface area contributed by atoms with Gasteiger partial charge in [0.05, 0.1) is 30.1 Å². The van der Waals surface area contributed by atoms with Crippen LogP contribution in [0.15, 0.2) is 60.7 Å². The molecule has 1 aromatic heterocycles. The monoisotopic (exact) mass is 354 g/mol. The van der Waals surface area contributed by atoms with Crippen molar-refractivity contribution in [2.24, 2.45) is 0 Å². The molecule has 0 aliphatic heterocycles. The molecule has 3 rings (SSSR count). The molecule has 0 aliphatic carbocycles. The molecule has 0 radical (unpaired) electrons. The van der Waals surface area contributed by atoms with Crippen LogP contribution < -0.4 is 0 Å². The Bertz CT molecular complexity index is 842. The molecule has 1 heterocycles. The number of hydrogen-bond acceptors (Lipinski definition) is 3. The van der Waals surface area contributed by atoms with Crippen molar-refractivity contribution in [3.8, 4) is 16.9 Å². The van der Waals surface area contributed by atoms with Crippen molar-refractivity contribution < 1.29 is 9.53 Å². The zero-order chi connectivity index (χ0) is 17.6. The molecule has 0 saturated heterocycles. The van der Waals surface area contributed by atoms with E-state index in [2.05, 4.69) is 5.10 Å². The number of carbonyl (C=O) groups is 1. The third-order valence-corrected chi connectivity index (χ3v) is 4.04. The van der Waals surface area contributed by atoms with Crippen LogP contribution >= 0.6 is 11.6 Å². The van der Waals surface area contributed by atoms with E-state index in [-0.39, 0.29) is 5.97 Å². The summed E-state index contributed by atoms with van der Waals surface area (Å²) in [4.78, 5) is 11.6. The average molecular weight is 355 g/mol. The highest BCUT2D eigenvalue weighted by Gasteiger charge is 2.13. The lowest BCUT2D eigenvalue weighted by atomic mass is 10.1. The standard InChI is InChI=1S/C20H19ClN2O2/c1-2-25-20(24)13-12-17-14-19(15-8-10-16(21)11-9-15)23(22-17)18-6-4-3-5-7-18/h3-11,14H,2,12-13H2,1H3. The Morgan fingerprint density at radius 2 is 1.84 bits per heavy atom. The minimum absolute atomic E-state index is 0.204. The maximum absolute atomic E-state index is 11.6. The second-order valence-electron chi connectivity index (χ2n) is 5.58. The van der Waals surface area contributed by atoms with Gasteiger partial charge in [-0.2, -0.15) is 5.10 Å². The van der Waals surface area contributed by atoms with E-state index in [0.717, 1.165) is 22.6 Å². The summed E-state index contributed by atoms with van der Waals surface area (Å²) in [7, 11) is 0. The van der Waals surface area contributed by atoms with Gasteiger partial charge in [-0.15, -0.1) is 0 Å².